The number of halogens is 2. The quantitative estimate of drug-likeness (QED) is 0.599. The first kappa shape index (κ1) is 14.2. The molecule has 1 aromatic rings. The van der Waals surface area contributed by atoms with Crippen molar-refractivity contribution in [1.29, 1.82) is 0 Å². The lowest BCUT2D eigenvalue weighted by Crippen LogP contribution is -2.13. The average molecular weight is 256 g/mol. The molecule has 1 N–H and O–H groups in total. The highest BCUT2D eigenvalue weighted by Crippen LogP contribution is 2.20. The minimum absolute atomic E-state index is 0.232. The van der Waals surface area contributed by atoms with Crippen LogP contribution in [0.3, 0.4) is 0 Å². The van der Waals surface area contributed by atoms with Crippen molar-refractivity contribution in [3.05, 3.63) is 46.3 Å². The Bertz CT molecular complexity index is 388. The molecule has 0 atom stereocenters. The van der Waals surface area contributed by atoms with Crippen molar-refractivity contribution >= 4 is 11.6 Å². The topological polar surface area (TPSA) is 12.0 Å². The van der Waals surface area contributed by atoms with Gasteiger partial charge in [0.25, 0.3) is 0 Å². The Balaban J connectivity index is 2.55. The van der Waals surface area contributed by atoms with Gasteiger partial charge in [0.2, 0.25) is 0 Å². The first-order chi connectivity index (χ1) is 8.13. The van der Waals surface area contributed by atoms with Gasteiger partial charge in [-0.2, -0.15) is 0 Å². The summed E-state index contributed by atoms with van der Waals surface area (Å²) in [6.07, 6.45) is 3.87. The molecule has 94 valence electrons. The Morgan fingerprint density at radius 3 is 2.94 bits per heavy atom. The van der Waals surface area contributed by atoms with Crippen LogP contribution < -0.4 is 5.32 Å². The summed E-state index contributed by atoms with van der Waals surface area (Å²) in [6.45, 7) is 6.10. The van der Waals surface area contributed by atoms with Gasteiger partial charge in [-0.05, 0) is 56.6 Å². The van der Waals surface area contributed by atoms with Crippen LogP contribution in [0.15, 0.2) is 29.8 Å². The van der Waals surface area contributed by atoms with Crippen molar-refractivity contribution in [2.24, 2.45) is 0 Å². The maximum absolute atomic E-state index is 13.1. The Kier molecular flexibility index (Phi) is 6.23. The number of allylic oxidation sites excluding steroid dienone is 1. The van der Waals surface area contributed by atoms with E-state index < -0.39 is 0 Å². The third-order valence-corrected chi connectivity index (χ3v) is 2.91. The molecule has 0 unspecified atom stereocenters. The molecule has 0 heterocycles. The monoisotopic (exact) mass is 255 g/mol. The van der Waals surface area contributed by atoms with Gasteiger partial charge in [-0.3, -0.25) is 0 Å². The molecule has 1 aromatic carbocycles. The SMILES string of the molecule is CCNCC/C=C(/C)Cc1cc(F)ccc1Cl. The molecule has 0 aromatic heterocycles. The fraction of sp³-hybridized carbons (Fsp3) is 0.429. The van der Waals surface area contributed by atoms with Crippen molar-refractivity contribution in [2.75, 3.05) is 13.1 Å². The summed E-state index contributed by atoms with van der Waals surface area (Å²) in [5.41, 5.74) is 2.07. The number of rotatable bonds is 6. The summed E-state index contributed by atoms with van der Waals surface area (Å²) in [4.78, 5) is 0. The lowest BCUT2D eigenvalue weighted by molar-refractivity contribution is 0.626. The third-order valence-electron chi connectivity index (χ3n) is 2.54. The minimum Gasteiger partial charge on any atom is -0.317 e. The smallest absolute Gasteiger partial charge is 0.123 e. The van der Waals surface area contributed by atoms with Crippen LogP contribution >= 0.6 is 11.6 Å². The number of hydrogen-bond acceptors (Lipinski definition) is 1. The van der Waals surface area contributed by atoms with Gasteiger partial charge in [0.05, 0.1) is 0 Å². The van der Waals surface area contributed by atoms with Crippen molar-refractivity contribution in [2.45, 2.75) is 26.7 Å². The first-order valence-corrected chi connectivity index (χ1v) is 6.31. The molecule has 0 saturated heterocycles. The van der Waals surface area contributed by atoms with E-state index in [2.05, 4.69) is 18.3 Å². The second kappa shape index (κ2) is 7.46. The van der Waals surface area contributed by atoms with Gasteiger partial charge in [0.1, 0.15) is 5.82 Å². The molecule has 0 aliphatic heterocycles. The molecule has 0 fully saturated rings. The van der Waals surface area contributed by atoms with Crippen molar-refractivity contribution in [3.63, 3.8) is 0 Å². The fourth-order valence-corrected chi connectivity index (χ4v) is 1.83. The van der Waals surface area contributed by atoms with E-state index in [0.29, 0.717) is 11.4 Å². The van der Waals surface area contributed by atoms with Crippen molar-refractivity contribution in [1.82, 2.24) is 5.32 Å². The highest BCUT2D eigenvalue weighted by Gasteiger charge is 2.02. The van der Waals surface area contributed by atoms with Crippen LogP contribution in [0.1, 0.15) is 25.8 Å². The van der Waals surface area contributed by atoms with Crippen molar-refractivity contribution in [3.8, 4) is 0 Å². The third kappa shape index (κ3) is 5.33. The summed E-state index contributed by atoms with van der Waals surface area (Å²) in [5.74, 6) is -0.232. The number of benzene rings is 1. The molecule has 0 radical (unpaired) electrons. The van der Waals surface area contributed by atoms with Crippen LogP contribution in [0.2, 0.25) is 5.02 Å². The zero-order valence-electron chi connectivity index (χ0n) is 10.4. The second-order valence-corrected chi connectivity index (χ2v) is 4.51. The maximum atomic E-state index is 13.1. The highest BCUT2D eigenvalue weighted by atomic mass is 35.5. The Morgan fingerprint density at radius 1 is 1.47 bits per heavy atom. The Hall–Kier alpha value is -0.860. The van der Waals surface area contributed by atoms with Crippen LogP contribution in [0.5, 0.6) is 0 Å². The Labute approximate surface area is 108 Å². The van der Waals surface area contributed by atoms with Crippen LogP contribution in [0, 0.1) is 5.82 Å². The summed E-state index contributed by atoms with van der Waals surface area (Å²) in [6, 6.07) is 4.50. The summed E-state index contributed by atoms with van der Waals surface area (Å²) in [7, 11) is 0. The molecular weight excluding hydrogens is 237 g/mol. The van der Waals surface area contributed by atoms with E-state index in [9.17, 15) is 4.39 Å². The van der Waals surface area contributed by atoms with E-state index in [1.807, 2.05) is 6.92 Å². The molecule has 0 amide bonds. The summed E-state index contributed by atoms with van der Waals surface area (Å²) >= 11 is 6.02. The van der Waals surface area contributed by atoms with Crippen LogP contribution in [0.25, 0.3) is 0 Å². The largest absolute Gasteiger partial charge is 0.317 e. The Morgan fingerprint density at radius 2 is 2.24 bits per heavy atom. The molecule has 0 bridgehead atoms. The predicted molar refractivity (Wildman–Crippen MR) is 72.0 cm³/mol. The molecule has 17 heavy (non-hydrogen) atoms. The number of hydrogen-bond donors (Lipinski definition) is 1. The molecule has 0 aliphatic carbocycles. The molecule has 0 saturated carbocycles. The average Bonchev–Trinajstić information content (AvgIpc) is 2.29. The van der Waals surface area contributed by atoms with Gasteiger partial charge in [-0.15, -0.1) is 0 Å². The van der Waals surface area contributed by atoms with E-state index in [4.69, 9.17) is 11.6 Å². The van der Waals surface area contributed by atoms with E-state index in [0.717, 1.165) is 25.1 Å². The van der Waals surface area contributed by atoms with Gasteiger partial charge in [-0.1, -0.05) is 30.2 Å². The lowest BCUT2D eigenvalue weighted by Gasteiger charge is -2.05. The molecule has 1 nitrogen and oxygen atoms in total. The lowest BCUT2D eigenvalue weighted by atomic mass is 10.1. The maximum Gasteiger partial charge on any atom is 0.123 e. The molecule has 1 rings (SSSR count). The molecule has 0 aliphatic rings. The van der Waals surface area contributed by atoms with Crippen LogP contribution in [-0.2, 0) is 6.42 Å². The number of nitrogens with one attached hydrogen (secondary N) is 1. The standard InChI is InChI=1S/C14H19ClFN/c1-3-17-8-4-5-11(2)9-12-10-13(16)6-7-14(12)15/h5-7,10,17H,3-4,8-9H2,1-2H3/b11-5-. The van der Waals surface area contributed by atoms with Crippen LogP contribution in [-0.4, -0.2) is 13.1 Å². The van der Waals surface area contributed by atoms with Gasteiger partial charge < -0.3 is 5.32 Å². The van der Waals surface area contributed by atoms with E-state index in [1.165, 1.54) is 17.7 Å². The summed E-state index contributed by atoms with van der Waals surface area (Å²) in [5, 5.41) is 3.89. The fourth-order valence-electron chi connectivity index (χ4n) is 1.65. The zero-order valence-corrected chi connectivity index (χ0v) is 11.1. The first-order valence-electron chi connectivity index (χ1n) is 5.93. The predicted octanol–water partition coefficient (Wildman–Crippen LogP) is 3.97. The zero-order chi connectivity index (χ0) is 12.7. The van der Waals surface area contributed by atoms with E-state index in [-0.39, 0.29) is 5.82 Å². The van der Waals surface area contributed by atoms with E-state index in [1.54, 1.807) is 6.07 Å². The second-order valence-electron chi connectivity index (χ2n) is 4.11. The summed E-state index contributed by atoms with van der Waals surface area (Å²) < 4.78 is 13.1. The normalized spacial score (nSPS) is 11.9. The van der Waals surface area contributed by atoms with Gasteiger partial charge in [0.15, 0.2) is 0 Å². The van der Waals surface area contributed by atoms with Crippen LogP contribution in [0.4, 0.5) is 4.39 Å². The van der Waals surface area contributed by atoms with Gasteiger partial charge in [0, 0.05) is 5.02 Å². The molecule has 3 heteroatoms. The molecule has 0 spiro atoms. The molecular formula is C14H19ClFN. The van der Waals surface area contributed by atoms with Gasteiger partial charge in [-0.25, -0.2) is 4.39 Å². The van der Waals surface area contributed by atoms with E-state index >= 15 is 0 Å². The van der Waals surface area contributed by atoms with Gasteiger partial charge >= 0.3 is 0 Å². The highest BCUT2D eigenvalue weighted by molar-refractivity contribution is 6.31. The minimum atomic E-state index is -0.232. The van der Waals surface area contributed by atoms with Crippen molar-refractivity contribution < 1.29 is 4.39 Å².